The van der Waals surface area contributed by atoms with Crippen LogP contribution in [0, 0.1) is 0 Å². The molecule has 186 valence electrons. The number of carboxylic acids is 2. The second-order valence-corrected chi connectivity index (χ2v) is 7.79. The Bertz CT molecular complexity index is 1170. The Morgan fingerprint density at radius 1 is 1.26 bits per heavy atom. The monoisotopic (exact) mass is 487 g/mol. The lowest BCUT2D eigenvalue weighted by molar-refractivity contribution is -0.140. The van der Waals surface area contributed by atoms with Gasteiger partial charge in [0.1, 0.15) is 6.04 Å². The summed E-state index contributed by atoms with van der Waals surface area (Å²) in [6.45, 7) is 0.809. The van der Waals surface area contributed by atoms with Crippen LogP contribution in [0.1, 0.15) is 29.6 Å². The number of hydrogen-bond donors (Lipinski definition) is 7. The molecule has 1 aliphatic rings. The third-order valence-corrected chi connectivity index (χ3v) is 5.39. The highest BCUT2D eigenvalue weighted by Crippen LogP contribution is 2.26. The van der Waals surface area contributed by atoms with Crippen molar-refractivity contribution in [3.8, 4) is 0 Å². The molecule has 0 spiro atoms. The highest BCUT2D eigenvalue weighted by atomic mass is 16.4. The van der Waals surface area contributed by atoms with Crippen molar-refractivity contribution in [1.82, 2.24) is 15.3 Å². The van der Waals surface area contributed by atoms with Crippen molar-refractivity contribution < 1.29 is 29.4 Å². The summed E-state index contributed by atoms with van der Waals surface area (Å²) in [5.41, 5.74) is 6.01. The van der Waals surface area contributed by atoms with E-state index in [4.69, 9.17) is 10.8 Å². The number of carboxylic acid groups (broad SMARTS) is 2. The van der Waals surface area contributed by atoms with E-state index >= 15 is 0 Å². The Morgan fingerprint density at radius 3 is 2.60 bits per heavy atom. The zero-order valence-electron chi connectivity index (χ0n) is 18.5. The number of anilines is 4. The Morgan fingerprint density at radius 2 is 1.97 bits per heavy atom. The number of amides is 2. The Hall–Kier alpha value is -4.62. The van der Waals surface area contributed by atoms with Crippen LogP contribution in [-0.2, 0) is 14.4 Å². The number of aliphatic carboxylic acids is 2. The van der Waals surface area contributed by atoms with E-state index in [1.807, 2.05) is 0 Å². The molecule has 0 saturated carbocycles. The summed E-state index contributed by atoms with van der Waals surface area (Å²) in [4.78, 5) is 65.8. The molecule has 2 atom stereocenters. The van der Waals surface area contributed by atoms with Crippen molar-refractivity contribution in [2.75, 3.05) is 34.4 Å². The van der Waals surface area contributed by atoms with E-state index in [0.29, 0.717) is 31.6 Å². The molecule has 0 unspecified atom stereocenters. The summed E-state index contributed by atoms with van der Waals surface area (Å²) in [6, 6.07) is 4.63. The number of aromatic nitrogens is 2. The molecule has 0 aliphatic carbocycles. The van der Waals surface area contributed by atoms with Crippen LogP contribution in [0.3, 0.4) is 0 Å². The first kappa shape index (κ1) is 25.0. The number of carbonyl (C=O) groups is 4. The molecular weight excluding hydrogens is 462 g/mol. The molecule has 14 nitrogen and oxygen atoms in total. The van der Waals surface area contributed by atoms with Gasteiger partial charge in [-0.15, -0.1) is 0 Å². The van der Waals surface area contributed by atoms with Gasteiger partial charge in [-0.1, -0.05) is 0 Å². The number of nitrogens with two attached hydrogens (primary N) is 1. The minimum atomic E-state index is -1.32. The van der Waals surface area contributed by atoms with Crippen LogP contribution in [-0.4, -0.2) is 69.6 Å². The predicted octanol–water partition coefficient (Wildman–Crippen LogP) is -0.341. The minimum absolute atomic E-state index is 0.0527. The van der Waals surface area contributed by atoms with E-state index in [2.05, 4.69) is 25.9 Å². The van der Waals surface area contributed by atoms with Gasteiger partial charge >= 0.3 is 11.9 Å². The van der Waals surface area contributed by atoms with Crippen molar-refractivity contribution in [3.05, 3.63) is 40.2 Å². The van der Waals surface area contributed by atoms with E-state index in [0.717, 1.165) is 0 Å². The van der Waals surface area contributed by atoms with E-state index in [9.17, 15) is 29.1 Å². The van der Waals surface area contributed by atoms with Gasteiger partial charge in [0, 0.05) is 30.8 Å². The van der Waals surface area contributed by atoms with Gasteiger partial charge in [-0.05, 0) is 37.1 Å². The molecule has 1 aromatic heterocycles. The smallest absolute Gasteiger partial charge is 0.326 e. The number of nitrogens with one attached hydrogen (secondary N) is 4. The van der Waals surface area contributed by atoms with Gasteiger partial charge < -0.3 is 36.8 Å². The molecule has 14 heteroatoms. The van der Waals surface area contributed by atoms with Gasteiger partial charge in [0.15, 0.2) is 11.5 Å². The average molecular weight is 487 g/mol. The standard InChI is InChI=1S/C21H25N7O7/c22-21-26-17-16(19(33)27-21)28(10-29)13(9-24-17)7-8-23-12-3-1-11(2-4-12)18(32)25-14(20(34)35)5-6-15(30)31/h1-4,10,13-14,23H,5-9H2,(H,25,32)(H,30,31)(H,34,35)(H4,22,24,26,27,33)/t13-,14-/m1/s1. The zero-order chi connectivity index (χ0) is 25.5. The lowest BCUT2D eigenvalue weighted by Crippen LogP contribution is -2.47. The first-order valence-corrected chi connectivity index (χ1v) is 10.7. The maximum Gasteiger partial charge on any atom is 0.326 e. The first-order valence-electron chi connectivity index (χ1n) is 10.7. The number of H-pyrrole nitrogens is 1. The number of nitrogens with zero attached hydrogens (tertiary/aromatic N) is 2. The van der Waals surface area contributed by atoms with Crippen LogP contribution < -0.4 is 32.1 Å². The Balaban J connectivity index is 1.55. The molecular formula is C21H25N7O7. The molecule has 2 aromatic rings. The van der Waals surface area contributed by atoms with Gasteiger partial charge in [-0.25, -0.2) is 4.79 Å². The summed E-state index contributed by atoms with van der Waals surface area (Å²) in [7, 11) is 0. The second-order valence-electron chi connectivity index (χ2n) is 7.79. The minimum Gasteiger partial charge on any atom is -0.481 e. The number of hydrogen-bond acceptors (Lipinski definition) is 9. The number of fused-ring (bicyclic) bond motifs is 1. The quantitative estimate of drug-likeness (QED) is 0.203. The normalized spacial score (nSPS) is 15.3. The number of benzene rings is 1. The van der Waals surface area contributed by atoms with Crippen LogP contribution in [0.5, 0.6) is 0 Å². The number of aromatic amines is 1. The maximum atomic E-state index is 12.3. The molecule has 3 rings (SSSR count). The zero-order valence-corrected chi connectivity index (χ0v) is 18.5. The summed E-state index contributed by atoms with van der Waals surface area (Å²) in [5.74, 6) is -2.92. The van der Waals surface area contributed by atoms with E-state index < -0.39 is 29.4 Å². The van der Waals surface area contributed by atoms with Gasteiger partial charge in [0.25, 0.3) is 11.5 Å². The van der Waals surface area contributed by atoms with Gasteiger partial charge in [-0.2, -0.15) is 4.98 Å². The molecule has 0 bridgehead atoms. The third kappa shape index (κ3) is 6.25. The fourth-order valence-electron chi connectivity index (χ4n) is 3.61. The van der Waals surface area contributed by atoms with Gasteiger partial charge in [-0.3, -0.25) is 24.2 Å². The third-order valence-electron chi connectivity index (χ3n) is 5.39. The van der Waals surface area contributed by atoms with Crippen LogP contribution >= 0.6 is 0 Å². The van der Waals surface area contributed by atoms with Crippen LogP contribution in [0.25, 0.3) is 0 Å². The average Bonchev–Trinajstić information content (AvgIpc) is 2.81. The van der Waals surface area contributed by atoms with E-state index in [1.54, 1.807) is 12.1 Å². The SMILES string of the molecule is Nc1nc2c(c(=O)[nH]1)N(C=O)[C@H](CCNc1ccc(C(=O)N[C@H](CCC(=O)O)C(=O)O)cc1)CN2. The molecule has 0 saturated heterocycles. The Kier molecular flexibility index (Phi) is 7.86. The fraction of sp³-hybridized carbons (Fsp3) is 0.333. The van der Waals surface area contributed by atoms with Crippen molar-refractivity contribution in [1.29, 1.82) is 0 Å². The van der Waals surface area contributed by atoms with Crippen LogP contribution in [0.15, 0.2) is 29.1 Å². The molecule has 8 N–H and O–H groups in total. The van der Waals surface area contributed by atoms with Gasteiger partial charge in [0.2, 0.25) is 12.4 Å². The van der Waals surface area contributed by atoms with Crippen molar-refractivity contribution in [2.24, 2.45) is 0 Å². The lowest BCUT2D eigenvalue weighted by atomic mass is 10.1. The predicted molar refractivity (Wildman–Crippen MR) is 125 cm³/mol. The second kappa shape index (κ2) is 11.0. The maximum absolute atomic E-state index is 12.3. The van der Waals surface area contributed by atoms with Crippen molar-refractivity contribution in [3.63, 3.8) is 0 Å². The number of rotatable bonds is 11. The highest BCUT2D eigenvalue weighted by molar-refractivity contribution is 5.97. The molecule has 2 heterocycles. The summed E-state index contributed by atoms with van der Waals surface area (Å²) >= 11 is 0. The van der Waals surface area contributed by atoms with E-state index in [1.165, 1.54) is 17.0 Å². The molecule has 0 radical (unpaired) electrons. The summed E-state index contributed by atoms with van der Waals surface area (Å²) in [5, 5.41) is 26.4. The van der Waals surface area contributed by atoms with E-state index in [-0.39, 0.29) is 41.9 Å². The summed E-state index contributed by atoms with van der Waals surface area (Å²) < 4.78 is 0. The first-order chi connectivity index (χ1) is 16.7. The van der Waals surface area contributed by atoms with Crippen molar-refractivity contribution in [2.45, 2.75) is 31.3 Å². The lowest BCUT2D eigenvalue weighted by Gasteiger charge is -2.33. The topological polar surface area (TPSA) is 220 Å². The number of carbonyl (C=O) groups excluding carboxylic acids is 2. The Labute approximate surface area is 198 Å². The van der Waals surface area contributed by atoms with Crippen LogP contribution in [0.2, 0.25) is 0 Å². The molecule has 0 fully saturated rings. The fourth-order valence-corrected chi connectivity index (χ4v) is 3.61. The largest absolute Gasteiger partial charge is 0.481 e. The molecule has 35 heavy (non-hydrogen) atoms. The van der Waals surface area contributed by atoms with Crippen LogP contribution in [0.4, 0.5) is 23.1 Å². The van der Waals surface area contributed by atoms with Gasteiger partial charge in [0.05, 0.1) is 6.04 Å². The molecule has 2 amide bonds. The molecule has 1 aliphatic heterocycles. The molecule has 1 aromatic carbocycles. The highest BCUT2D eigenvalue weighted by Gasteiger charge is 2.29. The number of nitrogen functional groups attached to an aromatic ring is 1. The summed E-state index contributed by atoms with van der Waals surface area (Å²) in [6.07, 6.45) is 0.444. The van der Waals surface area contributed by atoms with Crippen molar-refractivity contribution >= 4 is 47.4 Å².